The molecule has 0 radical (unpaired) electrons. The van der Waals surface area contributed by atoms with Gasteiger partial charge < -0.3 is 42.4 Å². The van der Waals surface area contributed by atoms with Crippen LogP contribution in [0.5, 0.6) is 0 Å². The number of nitrogens with two attached hydrogens (primary N) is 3. The van der Waals surface area contributed by atoms with E-state index in [-0.39, 0.29) is 36.2 Å². The minimum Gasteiger partial charge on any atom is -0.370 e. The molecule has 4 aliphatic heterocycles. The molecule has 14 heteroatoms. The number of aliphatic hydroxyl groups is 1. The second-order valence-electron chi connectivity index (χ2n) is 8.68. The third kappa shape index (κ3) is 2.06. The number of nitrogens with zero attached hydrogens (tertiary/aromatic N) is 4. The normalized spacial score (nSPS) is 44.4. The first-order valence-electron chi connectivity index (χ1n) is 9.81. The molecule has 166 valence electrons. The molecule has 8 atom stereocenters. The molecule has 9 N–H and O–H groups in total. The molecule has 31 heavy (non-hydrogen) atoms. The van der Waals surface area contributed by atoms with E-state index in [4.69, 9.17) is 28.8 Å². The van der Waals surface area contributed by atoms with Crippen molar-refractivity contribution in [3.8, 4) is 0 Å². The first-order chi connectivity index (χ1) is 14.7. The van der Waals surface area contributed by atoms with Crippen molar-refractivity contribution in [2.75, 3.05) is 13.1 Å². The van der Waals surface area contributed by atoms with Crippen LogP contribution in [0.2, 0.25) is 0 Å². The van der Waals surface area contributed by atoms with Crippen molar-refractivity contribution < 1.29 is 9.90 Å². The van der Waals surface area contributed by atoms with E-state index >= 15 is 0 Å². The van der Waals surface area contributed by atoms with Gasteiger partial charge in [-0.1, -0.05) is 0 Å². The van der Waals surface area contributed by atoms with Crippen molar-refractivity contribution in [2.45, 2.75) is 29.0 Å². The lowest BCUT2D eigenvalue weighted by atomic mass is 9.73. The summed E-state index contributed by atoms with van der Waals surface area (Å²) in [6, 6.07) is 1.76. The Hall–Kier alpha value is -1.54. The maximum absolute atomic E-state index is 13.7. The Morgan fingerprint density at radius 2 is 2.00 bits per heavy atom. The number of amides is 1. The molecule has 0 bridgehead atoms. The molecule has 8 unspecified atom stereocenters. The Kier molecular flexibility index (Phi) is 3.93. The van der Waals surface area contributed by atoms with Crippen LogP contribution in [0.15, 0.2) is 25.1 Å². The van der Waals surface area contributed by atoms with Crippen LogP contribution < -0.4 is 27.8 Å². The molecule has 2 fully saturated rings. The van der Waals surface area contributed by atoms with Gasteiger partial charge in [0.15, 0.2) is 30.0 Å². The van der Waals surface area contributed by atoms with Gasteiger partial charge in [-0.3, -0.25) is 4.79 Å². The maximum atomic E-state index is 13.7. The van der Waals surface area contributed by atoms with Crippen molar-refractivity contribution in [1.82, 2.24) is 20.1 Å². The molecule has 5 heterocycles. The number of aromatic nitrogens is 1. The molecule has 11 nitrogen and oxygen atoms in total. The van der Waals surface area contributed by atoms with Gasteiger partial charge in [0, 0.05) is 12.5 Å². The van der Waals surface area contributed by atoms with Crippen LogP contribution in [0, 0.1) is 17.8 Å². The van der Waals surface area contributed by atoms with E-state index in [0.717, 1.165) is 4.47 Å². The quantitative estimate of drug-likeness (QED) is 0.232. The van der Waals surface area contributed by atoms with E-state index in [0.29, 0.717) is 16.8 Å². The van der Waals surface area contributed by atoms with Gasteiger partial charge in [0.25, 0.3) is 5.91 Å². The number of fused-ring (bicyclic) bond motifs is 4. The Morgan fingerprint density at radius 1 is 1.29 bits per heavy atom. The summed E-state index contributed by atoms with van der Waals surface area (Å²) in [5.41, 5.74) is 16.6. The van der Waals surface area contributed by atoms with Crippen LogP contribution in [-0.4, -0.2) is 68.3 Å². The molecule has 1 saturated heterocycles. The van der Waals surface area contributed by atoms with Crippen molar-refractivity contribution >= 4 is 61.3 Å². The number of guanidine groups is 2. The molecular weight excluding hydrogens is 558 g/mol. The predicted molar refractivity (Wildman–Crippen MR) is 120 cm³/mol. The number of rotatable bonds is 1. The van der Waals surface area contributed by atoms with Gasteiger partial charge in [0.2, 0.25) is 0 Å². The first kappa shape index (κ1) is 20.1. The van der Waals surface area contributed by atoms with Gasteiger partial charge >= 0.3 is 0 Å². The summed E-state index contributed by atoms with van der Waals surface area (Å²) in [6.07, 6.45) is -1.81. The summed E-state index contributed by atoms with van der Waals surface area (Å²) in [7, 11) is 0. The standard InChI is InChI=1S/C17H20Br2ClN9O2/c18-6-1-7-11(30)28-3-5-4(2-21)9(20)16(13(31)25-15(23)26-16)8(5)17(28)12(24-14(22)27-17)29(7)10(6)19/h1,4-5,8-9,12-13,31H,2-3,21H2,(H3,22,24,27)(H3,23,25,26). The third-order valence-corrected chi connectivity index (χ3v) is 10.2. The zero-order valence-corrected chi connectivity index (χ0v) is 19.9. The number of aliphatic imine (C=N–C) groups is 2. The second-order valence-corrected chi connectivity index (χ2v) is 10.8. The van der Waals surface area contributed by atoms with E-state index < -0.39 is 34.9 Å². The molecule has 1 amide bonds. The Balaban J connectivity index is 1.62. The molecule has 6 rings (SSSR count). The lowest BCUT2D eigenvalue weighted by molar-refractivity contribution is -0.0274. The van der Waals surface area contributed by atoms with Gasteiger partial charge in [-0.15, -0.1) is 11.6 Å². The Bertz CT molecular complexity index is 1090. The van der Waals surface area contributed by atoms with Crippen LogP contribution in [0.25, 0.3) is 0 Å². The minimum absolute atomic E-state index is 0.0978. The molecule has 1 saturated carbocycles. The summed E-state index contributed by atoms with van der Waals surface area (Å²) in [6.45, 7) is 0.670. The fourth-order valence-electron chi connectivity index (χ4n) is 6.60. The van der Waals surface area contributed by atoms with Gasteiger partial charge in [-0.25, -0.2) is 9.98 Å². The van der Waals surface area contributed by atoms with Crippen molar-refractivity contribution in [3.05, 3.63) is 20.8 Å². The molecule has 1 aromatic heterocycles. The number of carbonyl (C=O) groups excluding carboxylic acids is 1. The van der Waals surface area contributed by atoms with Gasteiger partial charge in [0.05, 0.1) is 9.85 Å². The number of nitrogens with one attached hydrogen (secondary N) is 2. The molecule has 2 spiro atoms. The summed E-state index contributed by atoms with van der Waals surface area (Å²) in [5.74, 6) is -0.639. The van der Waals surface area contributed by atoms with E-state index in [1.807, 2.05) is 4.57 Å². The van der Waals surface area contributed by atoms with Crippen LogP contribution in [-0.2, 0) is 0 Å². The van der Waals surface area contributed by atoms with E-state index in [1.165, 1.54) is 0 Å². The zero-order valence-electron chi connectivity index (χ0n) is 16.0. The van der Waals surface area contributed by atoms with Crippen molar-refractivity contribution in [1.29, 1.82) is 0 Å². The maximum Gasteiger partial charge on any atom is 0.272 e. The van der Waals surface area contributed by atoms with E-state index in [9.17, 15) is 9.90 Å². The number of carbonyl (C=O) groups is 1. The SMILES string of the molecule is NCC1C2CN3C(=O)c4cc(Br)c(Br)n4C4N=C(N)NC43C2C2(NC(N)=NC2O)C1Cl. The second kappa shape index (κ2) is 6.07. The van der Waals surface area contributed by atoms with Crippen molar-refractivity contribution in [3.63, 3.8) is 0 Å². The highest BCUT2D eigenvalue weighted by Gasteiger charge is 2.79. The number of halogens is 3. The molecule has 1 aliphatic carbocycles. The Morgan fingerprint density at radius 3 is 2.65 bits per heavy atom. The Labute approximate surface area is 198 Å². The minimum atomic E-state index is -1.21. The van der Waals surface area contributed by atoms with Gasteiger partial charge in [-0.05, 0) is 56.3 Å². The summed E-state index contributed by atoms with van der Waals surface area (Å²) < 4.78 is 3.22. The van der Waals surface area contributed by atoms with Crippen LogP contribution >= 0.6 is 43.5 Å². The highest BCUT2D eigenvalue weighted by molar-refractivity contribution is 9.13. The molecule has 0 aromatic carbocycles. The number of aliphatic hydroxyl groups excluding tert-OH is 1. The fraction of sp³-hybridized carbons (Fsp3) is 0.588. The van der Waals surface area contributed by atoms with E-state index in [2.05, 4.69) is 52.5 Å². The number of alkyl halides is 1. The molecule has 5 aliphatic rings. The predicted octanol–water partition coefficient (Wildman–Crippen LogP) is -1.00. The largest absolute Gasteiger partial charge is 0.370 e. The molecule has 1 aromatic rings. The molecular formula is C17H20Br2ClN9O2. The highest BCUT2D eigenvalue weighted by atomic mass is 79.9. The monoisotopic (exact) mass is 575 g/mol. The summed E-state index contributed by atoms with van der Waals surface area (Å²) in [5, 5.41) is 17.0. The topological polar surface area (TPSA) is 172 Å². The highest BCUT2D eigenvalue weighted by Crippen LogP contribution is 2.63. The average Bonchev–Trinajstić information content (AvgIpc) is 3.43. The lowest BCUT2D eigenvalue weighted by Crippen LogP contribution is -2.74. The smallest absolute Gasteiger partial charge is 0.272 e. The van der Waals surface area contributed by atoms with Crippen LogP contribution in [0.3, 0.4) is 0 Å². The average molecular weight is 578 g/mol. The summed E-state index contributed by atoms with van der Waals surface area (Å²) >= 11 is 14.0. The third-order valence-electron chi connectivity index (χ3n) is 7.57. The first-order valence-corrected chi connectivity index (χ1v) is 11.8. The van der Waals surface area contributed by atoms with Crippen LogP contribution in [0.1, 0.15) is 16.7 Å². The zero-order chi connectivity index (χ0) is 22.0. The fourth-order valence-corrected chi connectivity index (χ4v) is 8.10. The van der Waals surface area contributed by atoms with E-state index in [1.54, 1.807) is 11.0 Å². The summed E-state index contributed by atoms with van der Waals surface area (Å²) in [4.78, 5) is 24.3. The number of hydrogen-bond acceptors (Lipinski definition) is 9. The number of hydrogen-bond donors (Lipinski definition) is 6. The van der Waals surface area contributed by atoms with Crippen LogP contribution in [0.4, 0.5) is 0 Å². The lowest BCUT2D eigenvalue weighted by Gasteiger charge is -2.51. The van der Waals surface area contributed by atoms with Gasteiger partial charge in [-0.2, -0.15) is 0 Å². The van der Waals surface area contributed by atoms with Gasteiger partial charge in [0.1, 0.15) is 15.8 Å². The van der Waals surface area contributed by atoms with Crippen molar-refractivity contribution in [2.24, 2.45) is 44.9 Å².